The van der Waals surface area contributed by atoms with Crippen LogP contribution in [0.1, 0.15) is 51.0 Å². The van der Waals surface area contributed by atoms with E-state index in [9.17, 15) is 19.6 Å². The molecule has 0 fully saturated rings. The minimum atomic E-state index is -1.01. The first kappa shape index (κ1) is 25.0. The number of aryl methyl sites for hydroxylation is 2. The monoisotopic (exact) mass is 463 g/mol. The maximum absolute atomic E-state index is 12.4. The molecule has 8 heteroatoms. The van der Waals surface area contributed by atoms with E-state index in [2.05, 4.69) is 10.5 Å². The van der Waals surface area contributed by atoms with Crippen LogP contribution >= 0.6 is 0 Å². The Morgan fingerprint density at radius 2 is 1.74 bits per heavy atom. The molecule has 1 amide bonds. The SMILES string of the molecule is Cc1ccccc1C(CC(N=O)c1ccc(=O)n(C)c1)c1ccc(C(=O)NCC(O)CO)cc1. The summed E-state index contributed by atoms with van der Waals surface area (Å²) in [7, 11) is 1.63. The summed E-state index contributed by atoms with van der Waals surface area (Å²) in [5, 5.41) is 24.3. The molecule has 1 heterocycles. The highest BCUT2D eigenvalue weighted by molar-refractivity contribution is 5.94. The fourth-order valence-corrected chi connectivity index (χ4v) is 3.94. The average molecular weight is 464 g/mol. The first-order valence-corrected chi connectivity index (χ1v) is 11.1. The number of aliphatic hydroxyl groups excluding tert-OH is 2. The lowest BCUT2D eigenvalue weighted by Crippen LogP contribution is -2.33. The molecule has 0 aliphatic heterocycles. The molecule has 3 atom stereocenters. The van der Waals surface area contributed by atoms with Gasteiger partial charge in [0.15, 0.2) is 0 Å². The third kappa shape index (κ3) is 6.03. The van der Waals surface area contributed by atoms with Crippen molar-refractivity contribution in [2.24, 2.45) is 12.2 Å². The Hall–Kier alpha value is -3.62. The lowest BCUT2D eigenvalue weighted by atomic mass is 9.82. The zero-order valence-corrected chi connectivity index (χ0v) is 19.2. The maximum atomic E-state index is 12.4. The predicted octanol–water partition coefficient (Wildman–Crippen LogP) is 2.81. The maximum Gasteiger partial charge on any atom is 0.251 e. The van der Waals surface area contributed by atoms with Crippen molar-refractivity contribution in [3.63, 3.8) is 0 Å². The largest absolute Gasteiger partial charge is 0.394 e. The van der Waals surface area contributed by atoms with E-state index in [4.69, 9.17) is 5.11 Å². The molecule has 0 spiro atoms. The zero-order chi connectivity index (χ0) is 24.7. The molecule has 0 aliphatic rings. The molecule has 3 N–H and O–H groups in total. The number of rotatable bonds is 10. The highest BCUT2D eigenvalue weighted by Crippen LogP contribution is 2.37. The Morgan fingerprint density at radius 3 is 2.35 bits per heavy atom. The van der Waals surface area contributed by atoms with Gasteiger partial charge in [0.25, 0.3) is 5.91 Å². The Labute approximate surface area is 197 Å². The number of hydrogen-bond donors (Lipinski definition) is 3. The summed E-state index contributed by atoms with van der Waals surface area (Å²) in [6.07, 6.45) is 1.01. The molecule has 3 aromatic rings. The van der Waals surface area contributed by atoms with Crippen molar-refractivity contribution in [3.05, 3.63) is 110 Å². The van der Waals surface area contributed by atoms with Crippen molar-refractivity contribution in [2.45, 2.75) is 31.4 Å². The molecule has 34 heavy (non-hydrogen) atoms. The van der Waals surface area contributed by atoms with E-state index in [-0.39, 0.29) is 23.9 Å². The summed E-state index contributed by atoms with van der Waals surface area (Å²) in [6.45, 7) is 1.53. The van der Waals surface area contributed by atoms with Gasteiger partial charge in [0.05, 0.1) is 12.7 Å². The van der Waals surface area contributed by atoms with Crippen molar-refractivity contribution >= 4 is 5.91 Å². The van der Waals surface area contributed by atoms with Crippen LogP contribution in [0.2, 0.25) is 0 Å². The normalized spacial score (nSPS) is 13.6. The number of nitrogens with one attached hydrogen (secondary N) is 1. The first-order chi connectivity index (χ1) is 16.3. The minimum absolute atomic E-state index is 0.0464. The summed E-state index contributed by atoms with van der Waals surface area (Å²) >= 11 is 0. The molecule has 0 aliphatic carbocycles. The highest BCUT2D eigenvalue weighted by atomic mass is 16.3. The van der Waals surface area contributed by atoms with E-state index in [0.29, 0.717) is 17.5 Å². The van der Waals surface area contributed by atoms with Crippen molar-refractivity contribution < 1.29 is 15.0 Å². The lowest BCUT2D eigenvalue weighted by molar-refractivity contribution is 0.0802. The number of benzene rings is 2. The summed E-state index contributed by atoms with van der Waals surface area (Å²) in [5.41, 5.74) is 3.94. The second kappa shape index (κ2) is 11.5. The number of nitrogens with zero attached hydrogens (tertiary/aromatic N) is 2. The number of amides is 1. The van der Waals surface area contributed by atoms with E-state index in [0.717, 1.165) is 16.7 Å². The predicted molar refractivity (Wildman–Crippen MR) is 130 cm³/mol. The molecule has 178 valence electrons. The molecule has 0 bridgehead atoms. The third-order valence-corrected chi connectivity index (χ3v) is 5.93. The average Bonchev–Trinajstić information content (AvgIpc) is 2.85. The summed E-state index contributed by atoms with van der Waals surface area (Å²) in [4.78, 5) is 36.0. The second-order valence-electron chi connectivity index (χ2n) is 8.35. The third-order valence-electron chi connectivity index (χ3n) is 5.93. The fraction of sp³-hybridized carbons (Fsp3) is 0.308. The van der Waals surface area contributed by atoms with Gasteiger partial charge < -0.3 is 20.1 Å². The molecule has 1 aromatic heterocycles. The van der Waals surface area contributed by atoms with Crippen LogP contribution in [0.5, 0.6) is 0 Å². The van der Waals surface area contributed by atoms with Gasteiger partial charge in [-0.1, -0.05) is 41.6 Å². The lowest BCUT2D eigenvalue weighted by Gasteiger charge is -2.23. The van der Waals surface area contributed by atoms with Crippen molar-refractivity contribution in [1.29, 1.82) is 0 Å². The van der Waals surface area contributed by atoms with Crippen LogP contribution in [0.3, 0.4) is 0 Å². The van der Waals surface area contributed by atoms with Crippen LogP contribution in [-0.4, -0.2) is 39.9 Å². The fourth-order valence-electron chi connectivity index (χ4n) is 3.94. The molecular weight excluding hydrogens is 434 g/mol. The number of nitroso groups, excluding NO2 is 1. The smallest absolute Gasteiger partial charge is 0.251 e. The van der Waals surface area contributed by atoms with E-state index in [1.54, 1.807) is 31.4 Å². The van der Waals surface area contributed by atoms with Gasteiger partial charge >= 0.3 is 0 Å². The Morgan fingerprint density at radius 1 is 1.06 bits per heavy atom. The standard InChI is InChI=1S/C26H29N3O5/c1-17-5-3-4-6-22(17)23(13-24(28-34)20-11-12-25(32)29(2)15-20)18-7-9-19(10-8-18)26(33)27-14-21(31)16-30/h3-12,15,21,23-24,30-31H,13-14,16H2,1-2H3,(H,27,33). The Bertz CT molecular complexity index is 1190. The molecule has 0 saturated carbocycles. The Balaban J connectivity index is 1.91. The van der Waals surface area contributed by atoms with Gasteiger partial charge in [0.2, 0.25) is 5.56 Å². The molecule has 3 unspecified atom stereocenters. The van der Waals surface area contributed by atoms with Crippen LogP contribution in [0.15, 0.2) is 76.8 Å². The summed E-state index contributed by atoms with van der Waals surface area (Å²) < 4.78 is 1.43. The number of aromatic nitrogens is 1. The highest BCUT2D eigenvalue weighted by Gasteiger charge is 2.24. The van der Waals surface area contributed by atoms with Crippen LogP contribution in [0.4, 0.5) is 0 Å². The molecule has 8 nitrogen and oxygen atoms in total. The van der Waals surface area contributed by atoms with Crippen LogP contribution < -0.4 is 10.9 Å². The number of aliphatic hydroxyl groups is 2. The Kier molecular flexibility index (Phi) is 8.45. The number of pyridine rings is 1. The first-order valence-electron chi connectivity index (χ1n) is 11.1. The van der Waals surface area contributed by atoms with Crippen molar-refractivity contribution in [1.82, 2.24) is 9.88 Å². The van der Waals surface area contributed by atoms with E-state index in [1.165, 1.54) is 10.6 Å². The second-order valence-corrected chi connectivity index (χ2v) is 8.35. The summed E-state index contributed by atoms with van der Waals surface area (Å²) in [5.74, 6) is -0.529. The van der Waals surface area contributed by atoms with Gasteiger partial charge in [-0.2, -0.15) is 4.91 Å². The number of carbonyl (C=O) groups excluding carboxylic acids is 1. The van der Waals surface area contributed by atoms with Gasteiger partial charge in [-0.05, 0) is 53.8 Å². The molecule has 0 saturated heterocycles. The van der Waals surface area contributed by atoms with Gasteiger partial charge in [-0.15, -0.1) is 0 Å². The molecule has 2 aromatic carbocycles. The van der Waals surface area contributed by atoms with E-state index in [1.807, 2.05) is 43.3 Å². The molecule has 3 rings (SSSR count). The van der Waals surface area contributed by atoms with Gasteiger partial charge in [0.1, 0.15) is 6.04 Å². The van der Waals surface area contributed by atoms with Crippen LogP contribution in [0.25, 0.3) is 0 Å². The molecule has 0 radical (unpaired) electrons. The van der Waals surface area contributed by atoms with E-state index >= 15 is 0 Å². The summed E-state index contributed by atoms with van der Waals surface area (Å²) in [6, 6.07) is 17.4. The minimum Gasteiger partial charge on any atom is -0.394 e. The van der Waals surface area contributed by atoms with Gasteiger partial charge in [0, 0.05) is 37.3 Å². The van der Waals surface area contributed by atoms with Crippen LogP contribution in [-0.2, 0) is 7.05 Å². The topological polar surface area (TPSA) is 121 Å². The zero-order valence-electron chi connectivity index (χ0n) is 19.2. The van der Waals surface area contributed by atoms with Gasteiger partial charge in [-0.25, -0.2) is 0 Å². The number of hydrogen-bond acceptors (Lipinski definition) is 6. The quantitative estimate of drug-likeness (QED) is 0.399. The van der Waals surface area contributed by atoms with Crippen molar-refractivity contribution in [3.8, 4) is 0 Å². The van der Waals surface area contributed by atoms with Crippen LogP contribution in [0, 0.1) is 11.8 Å². The van der Waals surface area contributed by atoms with Gasteiger partial charge in [-0.3, -0.25) is 9.59 Å². The van der Waals surface area contributed by atoms with E-state index < -0.39 is 18.8 Å². The molecular formula is C26H29N3O5. The number of carbonyl (C=O) groups is 1. The van der Waals surface area contributed by atoms with Crippen molar-refractivity contribution in [2.75, 3.05) is 13.2 Å².